The fourth-order valence-electron chi connectivity index (χ4n) is 1.77. The third kappa shape index (κ3) is 5.96. The number of benzene rings is 1. The molecule has 128 valence electrons. The number of carbonyl (C=O) groups excluding carboxylic acids is 1. The van der Waals surface area contributed by atoms with Crippen LogP contribution in [0.4, 0.5) is 0 Å². The molecule has 3 nitrogen and oxygen atoms in total. The average Bonchev–Trinajstić information content (AvgIpc) is 2.45. The molecule has 0 fully saturated rings. The summed E-state index contributed by atoms with van der Waals surface area (Å²) in [5.74, 6) is -0.317. The Hall–Kier alpha value is -1.39. The molecule has 0 aromatic heterocycles. The predicted molar refractivity (Wildman–Crippen MR) is 98.3 cm³/mol. The molecule has 0 saturated carbocycles. The van der Waals surface area contributed by atoms with Crippen molar-refractivity contribution in [2.45, 2.75) is 58.4 Å². The maximum Gasteiger partial charge on any atom is 0.338 e. The standard InChI is InChI=1S/C19H30O3Si/c1-8-17(13-14-21-23(6,7)19(3,4)5)22-18(20)16-11-9-15(2)10-12-16/h8-12,17H,1,13-14H2,2-7H3/t17-/m1/s1. The molecular formula is C19H30O3Si. The van der Waals surface area contributed by atoms with E-state index >= 15 is 0 Å². The van der Waals surface area contributed by atoms with Crippen molar-refractivity contribution in [3.8, 4) is 0 Å². The highest BCUT2D eigenvalue weighted by Crippen LogP contribution is 2.36. The van der Waals surface area contributed by atoms with Crippen molar-refractivity contribution in [2.24, 2.45) is 0 Å². The van der Waals surface area contributed by atoms with E-state index in [2.05, 4.69) is 40.4 Å². The zero-order valence-electron chi connectivity index (χ0n) is 15.3. The first kappa shape index (κ1) is 19.7. The van der Waals surface area contributed by atoms with Gasteiger partial charge in [0.05, 0.1) is 5.56 Å². The van der Waals surface area contributed by atoms with Crippen LogP contribution >= 0.6 is 0 Å². The maximum atomic E-state index is 12.1. The lowest BCUT2D eigenvalue weighted by molar-refractivity contribution is 0.0354. The van der Waals surface area contributed by atoms with Crippen LogP contribution in [0, 0.1) is 6.92 Å². The monoisotopic (exact) mass is 334 g/mol. The predicted octanol–water partition coefficient (Wildman–Crippen LogP) is 5.12. The van der Waals surface area contributed by atoms with Crippen LogP contribution < -0.4 is 0 Å². The summed E-state index contributed by atoms with van der Waals surface area (Å²) in [5, 5.41) is 0.176. The molecular weight excluding hydrogens is 304 g/mol. The summed E-state index contributed by atoms with van der Waals surface area (Å²) < 4.78 is 11.6. The molecule has 0 unspecified atom stereocenters. The molecule has 0 radical (unpaired) electrons. The third-order valence-corrected chi connectivity index (χ3v) is 9.02. The lowest BCUT2D eigenvalue weighted by Gasteiger charge is -2.36. The van der Waals surface area contributed by atoms with Gasteiger partial charge in [0.1, 0.15) is 6.10 Å². The van der Waals surface area contributed by atoms with Gasteiger partial charge in [0.2, 0.25) is 0 Å². The smallest absolute Gasteiger partial charge is 0.338 e. The number of aryl methyl sites for hydroxylation is 1. The highest BCUT2D eigenvalue weighted by Gasteiger charge is 2.37. The molecule has 0 saturated heterocycles. The Morgan fingerprint density at radius 3 is 2.30 bits per heavy atom. The molecule has 4 heteroatoms. The van der Waals surface area contributed by atoms with Gasteiger partial charge >= 0.3 is 5.97 Å². The van der Waals surface area contributed by atoms with E-state index in [4.69, 9.17) is 9.16 Å². The van der Waals surface area contributed by atoms with Crippen molar-refractivity contribution in [2.75, 3.05) is 6.61 Å². The van der Waals surface area contributed by atoms with Gasteiger partial charge in [-0.3, -0.25) is 0 Å². The van der Waals surface area contributed by atoms with Crippen molar-refractivity contribution >= 4 is 14.3 Å². The minimum Gasteiger partial charge on any atom is -0.454 e. The first-order valence-corrected chi connectivity index (χ1v) is 11.0. The van der Waals surface area contributed by atoms with Crippen molar-refractivity contribution < 1.29 is 14.0 Å². The number of rotatable bonds is 7. The Morgan fingerprint density at radius 1 is 1.26 bits per heavy atom. The Kier molecular flexibility index (Phi) is 6.78. The second-order valence-electron chi connectivity index (χ2n) is 7.44. The first-order chi connectivity index (χ1) is 10.6. The summed E-state index contributed by atoms with van der Waals surface area (Å²) >= 11 is 0. The van der Waals surface area contributed by atoms with Crippen LogP contribution in [-0.4, -0.2) is 27.0 Å². The van der Waals surface area contributed by atoms with Crippen molar-refractivity contribution in [3.63, 3.8) is 0 Å². The van der Waals surface area contributed by atoms with Gasteiger partial charge in [-0.25, -0.2) is 4.79 Å². The van der Waals surface area contributed by atoms with Crippen LogP contribution in [0.2, 0.25) is 18.1 Å². The van der Waals surface area contributed by atoms with E-state index < -0.39 is 8.32 Å². The molecule has 0 spiro atoms. The minimum atomic E-state index is -1.77. The van der Waals surface area contributed by atoms with Gasteiger partial charge < -0.3 is 9.16 Å². The summed E-state index contributed by atoms with van der Waals surface area (Å²) in [6.45, 7) is 17.4. The van der Waals surface area contributed by atoms with Gasteiger partial charge in [0.25, 0.3) is 0 Å². The summed E-state index contributed by atoms with van der Waals surface area (Å²) in [7, 11) is -1.77. The number of hydrogen-bond acceptors (Lipinski definition) is 3. The second kappa shape index (κ2) is 7.93. The Labute approximate surface area is 141 Å². The van der Waals surface area contributed by atoms with Crippen molar-refractivity contribution in [3.05, 3.63) is 48.0 Å². The second-order valence-corrected chi connectivity index (χ2v) is 12.3. The van der Waals surface area contributed by atoms with E-state index in [-0.39, 0.29) is 17.1 Å². The zero-order valence-corrected chi connectivity index (χ0v) is 16.3. The normalized spacial score (nSPS) is 13.5. The quantitative estimate of drug-likeness (QED) is 0.394. The summed E-state index contributed by atoms with van der Waals surface area (Å²) in [4.78, 5) is 12.1. The topological polar surface area (TPSA) is 35.5 Å². The van der Waals surface area contributed by atoms with Crippen LogP contribution in [0.3, 0.4) is 0 Å². The van der Waals surface area contributed by atoms with Gasteiger partial charge in [0.15, 0.2) is 8.32 Å². The summed E-state index contributed by atoms with van der Waals surface area (Å²) in [6, 6.07) is 7.37. The van der Waals surface area contributed by atoms with Crippen LogP contribution in [0.1, 0.15) is 43.1 Å². The fraction of sp³-hybridized carbons (Fsp3) is 0.526. The number of hydrogen-bond donors (Lipinski definition) is 0. The molecule has 0 aliphatic carbocycles. The maximum absolute atomic E-state index is 12.1. The molecule has 1 aromatic carbocycles. The molecule has 0 aliphatic heterocycles. The molecule has 1 atom stereocenters. The van der Waals surface area contributed by atoms with Gasteiger partial charge in [-0.1, -0.05) is 51.1 Å². The molecule has 0 bridgehead atoms. The van der Waals surface area contributed by atoms with Gasteiger partial charge in [0, 0.05) is 13.0 Å². The number of ether oxygens (including phenoxy) is 1. The zero-order chi connectivity index (χ0) is 17.7. The largest absolute Gasteiger partial charge is 0.454 e. The first-order valence-electron chi connectivity index (χ1n) is 8.11. The molecule has 23 heavy (non-hydrogen) atoms. The SMILES string of the molecule is C=C[C@H](CCO[Si](C)(C)C(C)(C)C)OC(=O)c1ccc(C)cc1. The van der Waals surface area contributed by atoms with Crippen molar-refractivity contribution in [1.29, 1.82) is 0 Å². The highest BCUT2D eigenvalue weighted by atomic mass is 28.4. The van der Waals surface area contributed by atoms with Crippen molar-refractivity contribution in [1.82, 2.24) is 0 Å². The van der Waals surface area contributed by atoms with E-state index in [1.807, 2.05) is 19.1 Å². The lowest BCUT2D eigenvalue weighted by atomic mass is 10.1. The molecule has 0 N–H and O–H groups in total. The van der Waals surface area contributed by atoms with Gasteiger partial charge in [-0.05, 0) is 37.2 Å². The van der Waals surface area contributed by atoms with E-state index in [1.54, 1.807) is 18.2 Å². The fourth-order valence-corrected chi connectivity index (χ4v) is 2.83. The highest BCUT2D eigenvalue weighted by molar-refractivity contribution is 6.74. The Morgan fingerprint density at radius 2 is 1.83 bits per heavy atom. The van der Waals surface area contributed by atoms with Crippen LogP contribution in [0.15, 0.2) is 36.9 Å². The van der Waals surface area contributed by atoms with E-state index in [0.29, 0.717) is 18.6 Å². The van der Waals surface area contributed by atoms with E-state index in [9.17, 15) is 4.79 Å². The average molecular weight is 335 g/mol. The van der Waals surface area contributed by atoms with E-state index in [1.165, 1.54) is 0 Å². The Bertz CT molecular complexity index is 527. The van der Waals surface area contributed by atoms with Crippen LogP contribution in [-0.2, 0) is 9.16 Å². The third-order valence-electron chi connectivity index (χ3n) is 4.48. The molecule has 0 heterocycles. The number of carbonyl (C=O) groups is 1. The van der Waals surface area contributed by atoms with Crippen LogP contribution in [0.5, 0.6) is 0 Å². The summed E-state index contributed by atoms with van der Waals surface area (Å²) in [5.41, 5.74) is 1.68. The van der Waals surface area contributed by atoms with Crippen LogP contribution in [0.25, 0.3) is 0 Å². The molecule has 1 rings (SSSR count). The van der Waals surface area contributed by atoms with Gasteiger partial charge in [-0.2, -0.15) is 0 Å². The Balaban J connectivity index is 2.53. The molecule has 0 amide bonds. The minimum absolute atomic E-state index is 0.176. The van der Waals surface area contributed by atoms with Gasteiger partial charge in [-0.15, -0.1) is 0 Å². The summed E-state index contributed by atoms with van der Waals surface area (Å²) in [6.07, 6.45) is 1.97. The lowest BCUT2D eigenvalue weighted by Crippen LogP contribution is -2.41. The molecule has 0 aliphatic rings. The number of esters is 1. The van der Waals surface area contributed by atoms with E-state index in [0.717, 1.165) is 5.56 Å². The molecule has 1 aromatic rings.